The number of rotatable bonds is 3. The Morgan fingerprint density at radius 3 is 2.86 bits per heavy atom. The van der Waals surface area contributed by atoms with Gasteiger partial charge in [0.1, 0.15) is 0 Å². The fraction of sp³-hybridized carbons (Fsp3) is 0.438. The van der Waals surface area contributed by atoms with E-state index in [0.717, 1.165) is 25.1 Å². The van der Waals surface area contributed by atoms with Gasteiger partial charge in [-0.15, -0.1) is 0 Å². The summed E-state index contributed by atoms with van der Waals surface area (Å²) in [6.07, 6.45) is 1.91. The van der Waals surface area contributed by atoms with Crippen molar-refractivity contribution >= 4 is 29.0 Å². The summed E-state index contributed by atoms with van der Waals surface area (Å²) in [5.41, 5.74) is 1.33. The monoisotopic (exact) mass is 317 g/mol. The molecule has 1 aliphatic heterocycles. The number of ether oxygens (including phenoxy) is 1. The maximum absolute atomic E-state index is 11.6. The Morgan fingerprint density at radius 1 is 1.50 bits per heavy atom. The number of nitrogens with zero attached hydrogens (tertiary/aromatic N) is 2. The maximum Gasteiger partial charge on any atom is 0.338 e. The van der Waals surface area contributed by atoms with E-state index >= 15 is 0 Å². The minimum atomic E-state index is -0.329. The largest absolute Gasteiger partial charge is 0.462 e. The third kappa shape index (κ3) is 4.18. The van der Waals surface area contributed by atoms with E-state index in [-0.39, 0.29) is 11.9 Å². The van der Waals surface area contributed by atoms with Crippen LogP contribution in [-0.2, 0) is 4.74 Å². The van der Waals surface area contributed by atoms with Gasteiger partial charge in [-0.05, 0) is 56.2 Å². The molecule has 0 saturated carbocycles. The van der Waals surface area contributed by atoms with E-state index in [1.807, 2.05) is 4.90 Å². The first-order chi connectivity index (χ1) is 10.6. The van der Waals surface area contributed by atoms with Gasteiger partial charge in [0.15, 0.2) is 5.11 Å². The molecule has 1 atom stereocenters. The fourth-order valence-corrected chi connectivity index (χ4v) is 2.66. The van der Waals surface area contributed by atoms with Gasteiger partial charge in [-0.1, -0.05) is 0 Å². The molecule has 0 aliphatic carbocycles. The molecule has 1 aliphatic rings. The highest BCUT2D eigenvalue weighted by Gasteiger charge is 2.21. The van der Waals surface area contributed by atoms with Crippen LogP contribution in [-0.4, -0.2) is 35.7 Å². The quantitative estimate of drug-likeness (QED) is 0.683. The van der Waals surface area contributed by atoms with Crippen molar-refractivity contribution < 1.29 is 9.53 Å². The molecule has 6 heteroatoms. The lowest BCUT2D eigenvalue weighted by Crippen LogP contribution is -2.41. The second-order valence-corrected chi connectivity index (χ2v) is 5.53. The molecular formula is C16H19N3O2S. The molecular weight excluding hydrogens is 298 g/mol. The number of esters is 1. The van der Waals surface area contributed by atoms with Gasteiger partial charge in [-0.3, -0.25) is 0 Å². The SMILES string of the molecule is CCOC(=O)c1ccc(NC(=S)N2CCC[C@@H](C#N)C2)cc1. The normalized spacial score (nSPS) is 17.5. The Balaban J connectivity index is 1.94. The van der Waals surface area contributed by atoms with Crippen molar-refractivity contribution in [1.29, 1.82) is 5.26 Å². The highest BCUT2D eigenvalue weighted by atomic mass is 32.1. The molecule has 2 rings (SSSR count). The Kier molecular flexibility index (Phi) is 5.73. The maximum atomic E-state index is 11.6. The summed E-state index contributed by atoms with van der Waals surface area (Å²) in [4.78, 5) is 13.6. The number of hydrogen-bond acceptors (Lipinski definition) is 4. The van der Waals surface area contributed by atoms with Crippen LogP contribution in [0, 0.1) is 17.2 Å². The molecule has 1 saturated heterocycles. The fourth-order valence-electron chi connectivity index (χ4n) is 2.37. The highest BCUT2D eigenvalue weighted by molar-refractivity contribution is 7.80. The summed E-state index contributed by atoms with van der Waals surface area (Å²) in [6, 6.07) is 9.31. The third-order valence-corrected chi connectivity index (χ3v) is 3.90. The van der Waals surface area contributed by atoms with Crippen LogP contribution < -0.4 is 5.32 Å². The van der Waals surface area contributed by atoms with Gasteiger partial charge in [0.2, 0.25) is 0 Å². The molecule has 1 fully saturated rings. The lowest BCUT2D eigenvalue weighted by atomic mass is 10.0. The molecule has 22 heavy (non-hydrogen) atoms. The minimum Gasteiger partial charge on any atom is -0.462 e. The molecule has 1 aromatic rings. The Bertz CT molecular complexity index is 580. The smallest absolute Gasteiger partial charge is 0.338 e. The van der Waals surface area contributed by atoms with Gasteiger partial charge >= 0.3 is 5.97 Å². The molecule has 0 unspecified atom stereocenters. The van der Waals surface area contributed by atoms with E-state index < -0.39 is 0 Å². The van der Waals surface area contributed by atoms with Crippen molar-refractivity contribution in [2.45, 2.75) is 19.8 Å². The zero-order valence-electron chi connectivity index (χ0n) is 12.5. The van der Waals surface area contributed by atoms with Crippen molar-refractivity contribution in [2.24, 2.45) is 5.92 Å². The van der Waals surface area contributed by atoms with E-state index in [1.165, 1.54) is 0 Å². The van der Waals surface area contributed by atoms with Gasteiger partial charge in [-0.25, -0.2) is 4.79 Å². The summed E-state index contributed by atoms with van der Waals surface area (Å²) < 4.78 is 4.94. The predicted octanol–water partition coefficient (Wildman–Crippen LogP) is 2.80. The van der Waals surface area contributed by atoms with E-state index in [4.69, 9.17) is 22.2 Å². The molecule has 1 aromatic carbocycles. The molecule has 0 bridgehead atoms. The van der Waals surface area contributed by atoms with Crippen LogP contribution in [0.4, 0.5) is 5.69 Å². The first kappa shape index (κ1) is 16.2. The van der Waals surface area contributed by atoms with Crippen LogP contribution in [0.1, 0.15) is 30.1 Å². The van der Waals surface area contributed by atoms with Crippen LogP contribution in [0.2, 0.25) is 0 Å². The number of thiocarbonyl (C=S) groups is 1. The highest BCUT2D eigenvalue weighted by Crippen LogP contribution is 2.17. The van der Waals surface area contributed by atoms with Crippen LogP contribution in [0.25, 0.3) is 0 Å². The molecule has 0 amide bonds. The minimum absolute atomic E-state index is 0.0414. The van der Waals surface area contributed by atoms with E-state index in [9.17, 15) is 4.79 Å². The number of nitrogens with one attached hydrogen (secondary N) is 1. The number of carbonyl (C=O) groups excluding carboxylic acids is 1. The van der Waals surface area contributed by atoms with Crippen LogP contribution >= 0.6 is 12.2 Å². The van der Waals surface area contributed by atoms with Gasteiger partial charge < -0.3 is 15.0 Å². The average molecular weight is 317 g/mol. The van der Waals surface area contributed by atoms with Crippen molar-refractivity contribution in [3.05, 3.63) is 29.8 Å². The van der Waals surface area contributed by atoms with E-state index in [2.05, 4.69) is 11.4 Å². The van der Waals surface area contributed by atoms with Crippen molar-refractivity contribution in [1.82, 2.24) is 4.90 Å². The third-order valence-electron chi connectivity index (χ3n) is 3.54. The van der Waals surface area contributed by atoms with Gasteiger partial charge in [0, 0.05) is 18.8 Å². The Hall–Kier alpha value is -2.13. The summed E-state index contributed by atoms with van der Waals surface area (Å²) in [5, 5.41) is 12.8. The lowest BCUT2D eigenvalue weighted by Gasteiger charge is -2.31. The summed E-state index contributed by atoms with van der Waals surface area (Å²) in [6.45, 7) is 3.67. The number of nitriles is 1. The number of likely N-dealkylation sites (tertiary alicyclic amines) is 1. The van der Waals surface area contributed by atoms with Crippen LogP contribution in [0.15, 0.2) is 24.3 Å². The number of piperidine rings is 1. The first-order valence-electron chi connectivity index (χ1n) is 7.36. The van der Waals surface area contributed by atoms with E-state index in [0.29, 0.717) is 23.8 Å². The van der Waals surface area contributed by atoms with Gasteiger partial charge in [-0.2, -0.15) is 5.26 Å². The molecule has 1 heterocycles. The number of hydrogen-bond donors (Lipinski definition) is 1. The lowest BCUT2D eigenvalue weighted by molar-refractivity contribution is 0.0526. The summed E-state index contributed by atoms with van der Waals surface area (Å²) in [5.74, 6) is -0.288. The number of anilines is 1. The summed E-state index contributed by atoms with van der Waals surface area (Å²) >= 11 is 5.40. The van der Waals surface area contributed by atoms with E-state index in [1.54, 1.807) is 31.2 Å². The average Bonchev–Trinajstić information content (AvgIpc) is 2.55. The van der Waals surface area contributed by atoms with Crippen LogP contribution in [0.5, 0.6) is 0 Å². The number of carbonyl (C=O) groups is 1. The zero-order chi connectivity index (χ0) is 15.9. The molecule has 1 N–H and O–H groups in total. The van der Waals surface area contributed by atoms with Crippen LogP contribution in [0.3, 0.4) is 0 Å². The first-order valence-corrected chi connectivity index (χ1v) is 7.77. The molecule has 0 aromatic heterocycles. The standard InChI is InChI=1S/C16H19N3O2S/c1-2-21-15(20)13-5-7-14(8-6-13)18-16(22)19-9-3-4-12(10-17)11-19/h5-8,12H,2-4,9,11H2,1H3,(H,18,22)/t12-/m0/s1. The van der Waals surface area contributed by atoms with Crippen molar-refractivity contribution in [3.63, 3.8) is 0 Å². The second kappa shape index (κ2) is 7.76. The molecule has 5 nitrogen and oxygen atoms in total. The van der Waals surface area contributed by atoms with Crippen molar-refractivity contribution in [3.8, 4) is 6.07 Å². The Morgan fingerprint density at radius 2 is 2.23 bits per heavy atom. The molecule has 0 radical (unpaired) electrons. The Labute approximate surface area is 135 Å². The molecule has 116 valence electrons. The molecule has 0 spiro atoms. The predicted molar refractivity (Wildman–Crippen MR) is 88.5 cm³/mol. The zero-order valence-corrected chi connectivity index (χ0v) is 13.4. The van der Waals surface area contributed by atoms with Crippen molar-refractivity contribution in [2.75, 3.05) is 25.0 Å². The number of benzene rings is 1. The topological polar surface area (TPSA) is 65.4 Å². The van der Waals surface area contributed by atoms with Gasteiger partial charge in [0.05, 0.1) is 24.2 Å². The second-order valence-electron chi connectivity index (χ2n) is 5.14. The van der Waals surface area contributed by atoms with Gasteiger partial charge in [0.25, 0.3) is 0 Å². The summed E-state index contributed by atoms with van der Waals surface area (Å²) in [7, 11) is 0.